The van der Waals surface area contributed by atoms with Gasteiger partial charge in [-0.3, -0.25) is 19.0 Å². The number of para-hydroxylation sites is 1. The molecule has 0 saturated heterocycles. The third-order valence-corrected chi connectivity index (χ3v) is 6.44. The van der Waals surface area contributed by atoms with E-state index in [1.54, 1.807) is 39.8 Å². The Bertz CT molecular complexity index is 1200. The van der Waals surface area contributed by atoms with Crippen LogP contribution >= 0.6 is 11.8 Å². The Labute approximate surface area is 190 Å². The van der Waals surface area contributed by atoms with E-state index in [1.807, 2.05) is 32.0 Å². The first-order chi connectivity index (χ1) is 15.5. The summed E-state index contributed by atoms with van der Waals surface area (Å²) in [5, 5.41) is 4.03. The minimum absolute atomic E-state index is 0.0242. The molecule has 4 rings (SSSR count). The van der Waals surface area contributed by atoms with E-state index in [2.05, 4.69) is 10.3 Å². The summed E-state index contributed by atoms with van der Waals surface area (Å²) < 4.78 is 1.73. The average molecular weight is 451 g/mol. The fraction of sp³-hybridized carbons (Fsp3) is 0.333. The fourth-order valence-electron chi connectivity index (χ4n) is 3.60. The van der Waals surface area contributed by atoms with Crippen molar-refractivity contribution in [2.75, 3.05) is 24.2 Å². The number of hydrogen-bond acceptors (Lipinski definition) is 5. The maximum atomic E-state index is 12.9. The molecule has 1 heterocycles. The van der Waals surface area contributed by atoms with Crippen molar-refractivity contribution < 1.29 is 9.59 Å². The number of nitrogens with one attached hydrogen (secondary N) is 1. The normalized spacial score (nSPS) is 13.2. The maximum absolute atomic E-state index is 12.9. The van der Waals surface area contributed by atoms with Crippen molar-refractivity contribution in [2.24, 2.45) is 0 Å². The van der Waals surface area contributed by atoms with Crippen LogP contribution in [0.3, 0.4) is 0 Å². The van der Waals surface area contributed by atoms with Gasteiger partial charge in [-0.15, -0.1) is 0 Å². The minimum Gasteiger partial charge on any atom is -0.339 e. The van der Waals surface area contributed by atoms with E-state index in [4.69, 9.17) is 0 Å². The second kappa shape index (κ2) is 9.56. The summed E-state index contributed by atoms with van der Waals surface area (Å²) in [6.45, 7) is 5.20. The SMILES string of the molecule is CCN(CC)C(=O)c1ccc(NC(=O)CSc2nc3ccccc3c(=O)n2C2CC2)cc1. The van der Waals surface area contributed by atoms with Crippen LogP contribution in [0.4, 0.5) is 5.69 Å². The quantitative estimate of drug-likeness (QED) is 0.415. The molecule has 3 aromatic rings. The van der Waals surface area contributed by atoms with E-state index < -0.39 is 0 Å². The third-order valence-electron chi connectivity index (χ3n) is 5.49. The lowest BCUT2D eigenvalue weighted by Gasteiger charge is -2.18. The molecule has 2 amide bonds. The lowest BCUT2D eigenvalue weighted by molar-refractivity contribution is -0.113. The number of aromatic nitrogens is 2. The van der Waals surface area contributed by atoms with Gasteiger partial charge in [0.05, 0.1) is 16.7 Å². The Hall–Kier alpha value is -3.13. The number of rotatable bonds is 8. The highest BCUT2D eigenvalue weighted by atomic mass is 32.2. The smallest absolute Gasteiger partial charge is 0.262 e. The molecule has 1 N–H and O–H groups in total. The number of carbonyl (C=O) groups excluding carboxylic acids is 2. The monoisotopic (exact) mass is 450 g/mol. The second-order valence-electron chi connectivity index (χ2n) is 7.71. The van der Waals surface area contributed by atoms with Crippen LogP contribution in [0.1, 0.15) is 43.1 Å². The predicted octanol–water partition coefficient (Wildman–Crippen LogP) is 3.94. The Morgan fingerprint density at radius 3 is 2.44 bits per heavy atom. The van der Waals surface area contributed by atoms with Crippen molar-refractivity contribution in [3.63, 3.8) is 0 Å². The standard InChI is InChI=1S/C24H26N4O3S/c1-3-27(4-2)22(30)16-9-11-17(12-10-16)25-21(29)15-32-24-26-20-8-6-5-7-19(20)23(31)28(24)18-13-14-18/h5-12,18H,3-4,13-15H2,1-2H3,(H,25,29). The number of carbonyl (C=O) groups is 2. The first-order valence-electron chi connectivity index (χ1n) is 10.8. The number of nitrogens with zero attached hydrogens (tertiary/aromatic N) is 3. The molecular weight excluding hydrogens is 424 g/mol. The van der Waals surface area contributed by atoms with Crippen LogP contribution in [0.2, 0.25) is 0 Å². The van der Waals surface area contributed by atoms with Crippen LogP contribution < -0.4 is 10.9 Å². The summed E-state index contributed by atoms with van der Waals surface area (Å²) in [6.07, 6.45) is 1.91. The van der Waals surface area contributed by atoms with Crippen molar-refractivity contribution in [3.05, 3.63) is 64.4 Å². The van der Waals surface area contributed by atoms with Gasteiger partial charge in [0.2, 0.25) is 5.91 Å². The van der Waals surface area contributed by atoms with E-state index in [0.717, 1.165) is 12.8 Å². The second-order valence-corrected chi connectivity index (χ2v) is 8.65. The largest absolute Gasteiger partial charge is 0.339 e. The van der Waals surface area contributed by atoms with Gasteiger partial charge in [-0.2, -0.15) is 0 Å². The highest BCUT2D eigenvalue weighted by Crippen LogP contribution is 2.36. The Kier molecular flexibility index (Phi) is 6.60. The number of benzene rings is 2. The third kappa shape index (κ3) is 4.70. The number of amides is 2. The van der Waals surface area contributed by atoms with Gasteiger partial charge in [0.25, 0.3) is 11.5 Å². The molecule has 166 valence electrons. The topological polar surface area (TPSA) is 84.3 Å². The average Bonchev–Trinajstić information content (AvgIpc) is 3.64. The number of thioether (sulfide) groups is 1. The Morgan fingerprint density at radius 1 is 1.09 bits per heavy atom. The van der Waals surface area contributed by atoms with Crippen LogP contribution in [0, 0.1) is 0 Å². The zero-order valence-corrected chi connectivity index (χ0v) is 19.0. The van der Waals surface area contributed by atoms with Crippen molar-refractivity contribution in [3.8, 4) is 0 Å². The molecule has 0 aliphatic heterocycles. The van der Waals surface area contributed by atoms with E-state index in [0.29, 0.717) is 40.4 Å². The molecule has 1 aliphatic carbocycles. The Morgan fingerprint density at radius 2 is 1.78 bits per heavy atom. The highest BCUT2D eigenvalue weighted by molar-refractivity contribution is 7.99. The predicted molar refractivity (Wildman–Crippen MR) is 127 cm³/mol. The van der Waals surface area contributed by atoms with Gasteiger partial charge in [0.1, 0.15) is 0 Å². The zero-order valence-electron chi connectivity index (χ0n) is 18.2. The number of hydrogen-bond donors (Lipinski definition) is 1. The van der Waals surface area contributed by atoms with Crippen molar-refractivity contribution in [2.45, 2.75) is 37.9 Å². The van der Waals surface area contributed by atoms with Crippen molar-refractivity contribution in [1.82, 2.24) is 14.5 Å². The molecule has 8 heteroatoms. The van der Waals surface area contributed by atoms with E-state index in [-0.39, 0.29) is 29.2 Å². The molecular formula is C24H26N4O3S. The van der Waals surface area contributed by atoms with Crippen LogP contribution in [-0.2, 0) is 4.79 Å². The molecule has 7 nitrogen and oxygen atoms in total. The van der Waals surface area contributed by atoms with Crippen LogP contribution in [-0.4, -0.2) is 45.1 Å². The summed E-state index contributed by atoms with van der Waals surface area (Å²) in [5.41, 5.74) is 1.81. The molecule has 0 atom stereocenters. The molecule has 2 aromatic carbocycles. The first-order valence-corrected chi connectivity index (χ1v) is 11.8. The molecule has 1 aliphatic rings. The first kappa shape index (κ1) is 22.1. The minimum atomic E-state index is -0.192. The number of fused-ring (bicyclic) bond motifs is 1. The van der Waals surface area contributed by atoms with Gasteiger partial charge in [0, 0.05) is 30.4 Å². The van der Waals surface area contributed by atoms with Crippen LogP contribution in [0.25, 0.3) is 10.9 Å². The summed E-state index contributed by atoms with van der Waals surface area (Å²) in [6, 6.07) is 14.4. The van der Waals surface area contributed by atoms with Gasteiger partial charge in [0.15, 0.2) is 5.16 Å². The molecule has 1 fully saturated rings. The van der Waals surface area contributed by atoms with Gasteiger partial charge >= 0.3 is 0 Å². The van der Waals surface area contributed by atoms with Gasteiger partial charge in [-0.1, -0.05) is 23.9 Å². The van der Waals surface area contributed by atoms with E-state index in [9.17, 15) is 14.4 Å². The highest BCUT2D eigenvalue weighted by Gasteiger charge is 2.28. The summed E-state index contributed by atoms with van der Waals surface area (Å²) in [4.78, 5) is 44.3. The van der Waals surface area contributed by atoms with E-state index in [1.165, 1.54) is 11.8 Å². The molecule has 0 unspecified atom stereocenters. The van der Waals surface area contributed by atoms with Crippen LogP contribution in [0.5, 0.6) is 0 Å². The summed E-state index contributed by atoms with van der Waals surface area (Å²) in [5.74, 6) is -0.0797. The maximum Gasteiger partial charge on any atom is 0.262 e. The van der Waals surface area contributed by atoms with Crippen LogP contribution in [0.15, 0.2) is 58.5 Å². The fourth-order valence-corrected chi connectivity index (χ4v) is 4.47. The Balaban J connectivity index is 1.43. The summed E-state index contributed by atoms with van der Waals surface area (Å²) in [7, 11) is 0. The summed E-state index contributed by atoms with van der Waals surface area (Å²) >= 11 is 1.27. The van der Waals surface area contributed by atoms with Gasteiger partial charge in [-0.05, 0) is 63.1 Å². The molecule has 32 heavy (non-hydrogen) atoms. The molecule has 0 bridgehead atoms. The van der Waals surface area contributed by atoms with E-state index >= 15 is 0 Å². The van der Waals surface area contributed by atoms with Crippen molar-refractivity contribution in [1.29, 1.82) is 0 Å². The molecule has 1 aromatic heterocycles. The molecule has 0 radical (unpaired) electrons. The lowest BCUT2D eigenvalue weighted by atomic mass is 10.2. The lowest BCUT2D eigenvalue weighted by Crippen LogP contribution is -2.30. The van der Waals surface area contributed by atoms with Gasteiger partial charge in [-0.25, -0.2) is 4.98 Å². The zero-order chi connectivity index (χ0) is 22.7. The van der Waals surface area contributed by atoms with Gasteiger partial charge < -0.3 is 10.2 Å². The number of anilines is 1. The van der Waals surface area contributed by atoms with Crippen molar-refractivity contribution >= 4 is 40.2 Å². The molecule has 1 saturated carbocycles. The molecule has 0 spiro atoms.